The Morgan fingerprint density at radius 2 is 0.789 bits per heavy atom. The smallest absolute Gasteiger partial charge is 0.0184 e. The minimum absolute atomic E-state index is 1.28. The van der Waals surface area contributed by atoms with Crippen molar-refractivity contribution in [1.82, 2.24) is 0 Å². The van der Waals surface area contributed by atoms with Crippen LogP contribution in [0.5, 0.6) is 0 Å². The van der Waals surface area contributed by atoms with Gasteiger partial charge in [0.1, 0.15) is 0 Å². The van der Waals surface area contributed by atoms with E-state index in [1.54, 1.807) is 0 Å². The fourth-order valence-corrected chi connectivity index (χ4v) is 1.76. The van der Waals surface area contributed by atoms with Crippen molar-refractivity contribution < 1.29 is 0 Å². The molecule has 0 bridgehead atoms. The topological polar surface area (TPSA) is 0 Å². The van der Waals surface area contributed by atoms with Crippen LogP contribution in [-0.4, -0.2) is 0 Å². The van der Waals surface area contributed by atoms with Crippen LogP contribution in [0.3, 0.4) is 0 Å². The molecule has 19 heavy (non-hydrogen) atoms. The predicted molar refractivity (Wildman–Crippen MR) is 83.1 cm³/mol. The molecule has 0 aliphatic rings. The molecule has 3 aromatic rings. The minimum Gasteiger partial charge on any atom is -0.0623 e. The van der Waals surface area contributed by atoms with Gasteiger partial charge in [0, 0.05) is 0 Å². The molecule has 3 rings (SSSR count). The van der Waals surface area contributed by atoms with Crippen LogP contribution >= 0.6 is 0 Å². The van der Waals surface area contributed by atoms with Crippen LogP contribution in [-0.2, 0) is 0 Å². The van der Waals surface area contributed by atoms with Crippen molar-refractivity contribution in [2.24, 2.45) is 0 Å². The van der Waals surface area contributed by atoms with Gasteiger partial charge in [-0.3, -0.25) is 0 Å². The third kappa shape index (κ3) is 4.44. The van der Waals surface area contributed by atoms with E-state index in [1.165, 1.54) is 16.7 Å². The number of hydrogen-bond donors (Lipinski definition) is 0. The van der Waals surface area contributed by atoms with Gasteiger partial charge in [-0.2, -0.15) is 0 Å². The highest BCUT2D eigenvalue weighted by atomic mass is 14.0. The first-order valence-corrected chi connectivity index (χ1v) is 6.48. The molecular weight excluding hydrogens is 228 g/mol. The number of benzene rings is 3. The maximum atomic E-state index is 2.16. The molecule has 0 unspecified atom stereocenters. The van der Waals surface area contributed by atoms with E-state index >= 15 is 0 Å². The molecule has 3 aromatic carbocycles. The first-order valence-electron chi connectivity index (χ1n) is 6.48. The third-order valence-corrected chi connectivity index (χ3v) is 2.83. The zero-order chi connectivity index (χ0) is 13.3. The molecule has 0 N–H and O–H groups in total. The van der Waals surface area contributed by atoms with Gasteiger partial charge < -0.3 is 0 Å². The van der Waals surface area contributed by atoms with Crippen molar-refractivity contribution in [3.63, 3.8) is 0 Å². The summed E-state index contributed by atoms with van der Waals surface area (Å²) in [7, 11) is 0. The average molecular weight is 246 g/mol. The molecule has 0 nitrogen and oxygen atoms in total. The van der Waals surface area contributed by atoms with Crippen LogP contribution in [0.25, 0.3) is 11.1 Å². The van der Waals surface area contributed by atoms with E-state index in [2.05, 4.69) is 55.5 Å². The molecule has 0 heteroatoms. The number of aryl methyl sites for hydroxylation is 1. The maximum absolute atomic E-state index is 2.16. The third-order valence-electron chi connectivity index (χ3n) is 2.83. The van der Waals surface area contributed by atoms with E-state index in [1.807, 2.05) is 42.5 Å². The molecule has 0 radical (unpaired) electrons. The van der Waals surface area contributed by atoms with Crippen molar-refractivity contribution in [2.75, 3.05) is 0 Å². The van der Waals surface area contributed by atoms with E-state index in [0.29, 0.717) is 0 Å². The lowest BCUT2D eigenvalue weighted by Gasteiger charge is -2.00. The lowest BCUT2D eigenvalue weighted by Crippen LogP contribution is -1.76. The van der Waals surface area contributed by atoms with Gasteiger partial charge in [0.15, 0.2) is 0 Å². The van der Waals surface area contributed by atoms with Crippen molar-refractivity contribution in [1.29, 1.82) is 0 Å². The number of rotatable bonds is 1. The van der Waals surface area contributed by atoms with E-state index in [4.69, 9.17) is 0 Å². The van der Waals surface area contributed by atoms with Gasteiger partial charge in [-0.25, -0.2) is 0 Å². The monoisotopic (exact) mass is 246 g/mol. The van der Waals surface area contributed by atoms with E-state index < -0.39 is 0 Å². The molecule has 0 amide bonds. The fraction of sp³-hybridized carbons (Fsp3) is 0.0526. The summed E-state index contributed by atoms with van der Waals surface area (Å²) in [6, 6.07) is 31.0. The van der Waals surface area contributed by atoms with Gasteiger partial charge in [-0.1, -0.05) is 96.6 Å². The van der Waals surface area contributed by atoms with Crippen LogP contribution in [0, 0.1) is 6.92 Å². The largest absolute Gasteiger partial charge is 0.0623 e. The summed E-state index contributed by atoms with van der Waals surface area (Å²) in [6.07, 6.45) is 0. The first-order chi connectivity index (χ1) is 9.36. The van der Waals surface area contributed by atoms with E-state index in [-0.39, 0.29) is 0 Å². The van der Waals surface area contributed by atoms with Crippen LogP contribution in [0.1, 0.15) is 5.56 Å². The Morgan fingerprint density at radius 1 is 0.421 bits per heavy atom. The van der Waals surface area contributed by atoms with Gasteiger partial charge >= 0.3 is 0 Å². The molecule has 0 aliphatic heterocycles. The molecule has 0 atom stereocenters. The van der Waals surface area contributed by atoms with E-state index in [0.717, 1.165) is 0 Å². The molecule has 0 fully saturated rings. The predicted octanol–water partition coefficient (Wildman–Crippen LogP) is 5.35. The minimum atomic E-state index is 1.28. The van der Waals surface area contributed by atoms with Crippen LogP contribution in [0.2, 0.25) is 0 Å². The van der Waals surface area contributed by atoms with Crippen molar-refractivity contribution in [3.8, 4) is 11.1 Å². The highest BCUT2D eigenvalue weighted by Crippen LogP contribution is 2.18. The van der Waals surface area contributed by atoms with Crippen LogP contribution in [0.15, 0.2) is 91.0 Å². The van der Waals surface area contributed by atoms with Crippen molar-refractivity contribution in [3.05, 3.63) is 96.6 Å². The zero-order valence-electron chi connectivity index (χ0n) is 11.2. The molecule has 0 aliphatic carbocycles. The van der Waals surface area contributed by atoms with Crippen molar-refractivity contribution in [2.45, 2.75) is 6.92 Å². The highest BCUT2D eigenvalue weighted by Gasteiger charge is 1.93. The second-order valence-electron chi connectivity index (χ2n) is 4.39. The normalized spacial score (nSPS) is 9.32. The van der Waals surface area contributed by atoms with Gasteiger partial charge in [0.05, 0.1) is 0 Å². The average Bonchev–Trinajstić information content (AvgIpc) is 2.51. The Hall–Kier alpha value is -2.34. The van der Waals surface area contributed by atoms with Crippen LogP contribution in [0.4, 0.5) is 0 Å². The summed E-state index contributed by atoms with van der Waals surface area (Å²) in [5.74, 6) is 0. The molecular formula is C19H18. The van der Waals surface area contributed by atoms with Crippen molar-refractivity contribution >= 4 is 0 Å². The van der Waals surface area contributed by atoms with E-state index in [9.17, 15) is 0 Å². The van der Waals surface area contributed by atoms with Gasteiger partial charge in [-0.15, -0.1) is 0 Å². The summed E-state index contributed by atoms with van der Waals surface area (Å²) < 4.78 is 0. The van der Waals surface area contributed by atoms with Crippen LogP contribution < -0.4 is 0 Å². The number of hydrogen-bond acceptors (Lipinski definition) is 0. The molecule has 94 valence electrons. The Balaban J connectivity index is 0.000000186. The molecule has 0 saturated carbocycles. The Labute approximate surface area is 115 Å². The first kappa shape index (κ1) is 13.1. The second-order valence-corrected chi connectivity index (χ2v) is 4.39. The summed E-state index contributed by atoms with van der Waals surface area (Å²) in [4.78, 5) is 0. The Kier molecular flexibility index (Phi) is 4.95. The van der Waals surface area contributed by atoms with Gasteiger partial charge in [0.2, 0.25) is 0 Å². The fourth-order valence-electron chi connectivity index (χ4n) is 1.76. The molecule has 0 saturated heterocycles. The van der Waals surface area contributed by atoms with Gasteiger partial charge in [0.25, 0.3) is 0 Å². The Bertz CT molecular complexity index is 539. The quantitative estimate of drug-likeness (QED) is 0.543. The molecule has 0 aromatic heterocycles. The summed E-state index contributed by atoms with van der Waals surface area (Å²) in [6.45, 7) is 2.11. The molecule has 0 heterocycles. The molecule has 0 spiro atoms. The summed E-state index contributed by atoms with van der Waals surface area (Å²) >= 11 is 0. The maximum Gasteiger partial charge on any atom is -0.0184 e. The standard InChI is InChI=1S/C13H12.C6H6/c1-11-7-9-13(10-8-11)12-5-3-2-4-6-12;1-2-4-6-5-3-1/h2-10H,1H3;1-6H. The summed E-state index contributed by atoms with van der Waals surface area (Å²) in [5.41, 5.74) is 3.87. The zero-order valence-corrected chi connectivity index (χ0v) is 11.2. The highest BCUT2D eigenvalue weighted by molar-refractivity contribution is 5.63. The summed E-state index contributed by atoms with van der Waals surface area (Å²) in [5, 5.41) is 0. The second kappa shape index (κ2) is 7.17. The SMILES string of the molecule is Cc1ccc(-c2ccccc2)cc1.c1ccccc1. The van der Waals surface area contributed by atoms with Gasteiger partial charge in [-0.05, 0) is 18.1 Å². The lowest BCUT2D eigenvalue weighted by molar-refractivity contribution is 1.47. The Morgan fingerprint density at radius 3 is 1.26 bits per heavy atom. The lowest BCUT2D eigenvalue weighted by atomic mass is 10.0.